The third kappa shape index (κ3) is 6.66. The molecule has 116 valence electrons. The van der Waals surface area contributed by atoms with Crippen molar-refractivity contribution >= 4 is 11.9 Å². The van der Waals surface area contributed by atoms with Gasteiger partial charge in [0.05, 0.1) is 0 Å². The molecule has 21 heavy (non-hydrogen) atoms. The lowest BCUT2D eigenvalue weighted by Crippen LogP contribution is -2.30. The molecule has 1 aromatic rings. The highest BCUT2D eigenvalue weighted by atomic mass is 19.3. The van der Waals surface area contributed by atoms with E-state index >= 15 is 0 Å². The molecule has 0 atom stereocenters. The maximum absolute atomic E-state index is 12.0. The van der Waals surface area contributed by atoms with Crippen LogP contribution in [0.1, 0.15) is 5.56 Å². The molecule has 1 N–H and O–H groups in total. The van der Waals surface area contributed by atoms with Crippen molar-refractivity contribution in [1.29, 1.82) is 0 Å². The monoisotopic (exact) mass is 303 g/mol. The Bertz CT molecular complexity index is 478. The molecule has 0 spiro atoms. The molecule has 6 nitrogen and oxygen atoms in total. The molecule has 1 aromatic carbocycles. The van der Waals surface area contributed by atoms with Gasteiger partial charge < -0.3 is 19.5 Å². The molecule has 0 aliphatic heterocycles. The molecule has 0 aromatic heterocycles. The first-order chi connectivity index (χ1) is 9.88. The summed E-state index contributed by atoms with van der Waals surface area (Å²) >= 11 is 0. The van der Waals surface area contributed by atoms with Gasteiger partial charge in [0.15, 0.2) is 0 Å². The van der Waals surface area contributed by atoms with Gasteiger partial charge in [-0.3, -0.25) is 4.79 Å². The number of hydrogen-bond donors (Lipinski definition) is 1. The first-order valence-electron chi connectivity index (χ1n) is 5.95. The number of carbonyl (C=O) groups is 2. The smallest absolute Gasteiger partial charge is 0.387 e. The van der Waals surface area contributed by atoms with Crippen LogP contribution in [-0.4, -0.2) is 48.8 Å². The van der Waals surface area contributed by atoms with Crippen molar-refractivity contribution in [2.75, 3.05) is 20.3 Å². The van der Waals surface area contributed by atoms with Crippen LogP contribution < -0.4 is 4.74 Å². The number of carboxylic acids is 1. The molecule has 0 saturated heterocycles. The van der Waals surface area contributed by atoms with Crippen molar-refractivity contribution in [2.24, 2.45) is 0 Å². The summed E-state index contributed by atoms with van der Waals surface area (Å²) in [6.07, 6.45) is 0. The van der Waals surface area contributed by atoms with E-state index in [1.807, 2.05) is 0 Å². The summed E-state index contributed by atoms with van der Waals surface area (Å²) in [6, 6.07) is 5.86. The number of halogens is 2. The lowest BCUT2D eigenvalue weighted by molar-refractivity contribution is -0.145. The molecule has 0 radical (unpaired) electrons. The summed E-state index contributed by atoms with van der Waals surface area (Å²) in [7, 11) is 1.52. The molecule has 0 bridgehead atoms. The molecule has 0 saturated carbocycles. The van der Waals surface area contributed by atoms with Gasteiger partial charge in [-0.1, -0.05) is 12.1 Å². The van der Waals surface area contributed by atoms with Gasteiger partial charge >= 0.3 is 12.6 Å². The molecule has 0 aliphatic rings. The Morgan fingerprint density at radius 1 is 1.24 bits per heavy atom. The van der Waals surface area contributed by atoms with Crippen molar-refractivity contribution < 1.29 is 33.0 Å². The van der Waals surface area contributed by atoms with Gasteiger partial charge in [-0.25, -0.2) is 4.79 Å². The molecule has 0 heterocycles. The second kappa shape index (κ2) is 8.15. The number of benzene rings is 1. The van der Waals surface area contributed by atoms with Crippen molar-refractivity contribution in [3.63, 3.8) is 0 Å². The fourth-order valence-corrected chi connectivity index (χ4v) is 1.47. The van der Waals surface area contributed by atoms with E-state index < -0.39 is 19.2 Å². The van der Waals surface area contributed by atoms with E-state index in [2.05, 4.69) is 9.47 Å². The third-order valence-corrected chi connectivity index (χ3v) is 2.45. The van der Waals surface area contributed by atoms with E-state index in [4.69, 9.17) is 5.11 Å². The number of carboxylic acid groups (broad SMARTS) is 1. The highest BCUT2D eigenvalue weighted by Gasteiger charge is 2.11. The number of rotatable bonds is 8. The van der Waals surface area contributed by atoms with Crippen LogP contribution in [0.2, 0.25) is 0 Å². The van der Waals surface area contributed by atoms with E-state index in [1.165, 1.54) is 24.1 Å². The van der Waals surface area contributed by atoms with Crippen LogP contribution in [0.5, 0.6) is 5.75 Å². The molecule has 0 unspecified atom stereocenters. The number of ether oxygens (including phenoxy) is 2. The molecular formula is C13H15F2NO5. The Hall–Kier alpha value is -2.22. The Morgan fingerprint density at radius 2 is 1.86 bits per heavy atom. The predicted molar refractivity (Wildman–Crippen MR) is 68.0 cm³/mol. The number of alkyl halides is 2. The lowest BCUT2D eigenvalue weighted by atomic mass is 10.2. The molecule has 1 rings (SSSR count). The second-order valence-electron chi connectivity index (χ2n) is 4.16. The van der Waals surface area contributed by atoms with Crippen molar-refractivity contribution in [1.82, 2.24) is 4.90 Å². The van der Waals surface area contributed by atoms with Crippen LogP contribution in [0.4, 0.5) is 8.78 Å². The first-order valence-corrected chi connectivity index (χ1v) is 5.95. The van der Waals surface area contributed by atoms with Crippen molar-refractivity contribution in [3.05, 3.63) is 29.8 Å². The second-order valence-corrected chi connectivity index (χ2v) is 4.16. The fraction of sp³-hybridized carbons (Fsp3) is 0.385. The fourth-order valence-electron chi connectivity index (χ4n) is 1.47. The summed E-state index contributed by atoms with van der Waals surface area (Å²) in [4.78, 5) is 23.2. The van der Waals surface area contributed by atoms with Gasteiger partial charge in [0.2, 0.25) is 5.91 Å². The van der Waals surface area contributed by atoms with Crippen LogP contribution in [0.25, 0.3) is 0 Å². The average Bonchev–Trinajstić information content (AvgIpc) is 2.39. The Kier molecular flexibility index (Phi) is 6.54. The van der Waals surface area contributed by atoms with E-state index in [0.717, 1.165) is 0 Å². The van der Waals surface area contributed by atoms with E-state index in [0.29, 0.717) is 5.56 Å². The van der Waals surface area contributed by atoms with E-state index in [1.54, 1.807) is 12.1 Å². The zero-order chi connectivity index (χ0) is 15.8. The van der Waals surface area contributed by atoms with Crippen molar-refractivity contribution in [2.45, 2.75) is 13.2 Å². The summed E-state index contributed by atoms with van der Waals surface area (Å²) in [6.45, 7) is -3.52. The minimum atomic E-state index is -2.88. The molecular weight excluding hydrogens is 288 g/mol. The lowest BCUT2D eigenvalue weighted by Gasteiger charge is -2.17. The molecule has 0 aliphatic carbocycles. The van der Waals surface area contributed by atoms with Gasteiger partial charge in [-0.2, -0.15) is 8.78 Å². The van der Waals surface area contributed by atoms with Crippen LogP contribution in [0, 0.1) is 0 Å². The van der Waals surface area contributed by atoms with Gasteiger partial charge in [0.25, 0.3) is 0 Å². The van der Waals surface area contributed by atoms with Gasteiger partial charge in [0.1, 0.15) is 19.0 Å². The average molecular weight is 303 g/mol. The Labute approximate surface area is 119 Å². The minimum absolute atomic E-state index is 0.0347. The Balaban J connectivity index is 2.44. The van der Waals surface area contributed by atoms with Gasteiger partial charge in [0, 0.05) is 13.6 Å². The first kappa shape index (κ1) is 16.8. The number of hydrogen-bond acceptors (Lipinski definition) is 4. The van der Waals surface area contributed by atoms with Crippen LogP contribution >= 0.6 is 0 Å². The number of likely N-dealkylation sites (N-methyl/N-ethyl adjacent to an activating group) is 1. The SMILES string of the molecule is CN(Cc1ccc(OC(F)F)cc1)C(=O)COCC(=O)O. The largest absolute Gasteiger partial charge is 0.480 e. The predicted octanol–water partition coefficient (Wildman–Crippen LogP) is 1.35. The minimum Gasteiger partial charge on any atom is -0.480 e. The third-order valence-electron chi connectivity index (χ3n) is 2.45. The van der Waals surface area contributed by atoms with Gasteiger partial charge in [-0.05, 0) is 17.7 Å². The highest BCUT2D eigenvalue weighted by molar-refractivity contribution is 5.77. The number of nitrogens with zero attached hydrogens (tertiary/aromatic N) is 1. The standard InChI is InChI=1S/C13H15F2NO5/c1-16(11(17)7-20-8-12(18)19)6-9-2-4-10(5-3-9)21-13(14)15/h2-5,13H,6-8H2,1H3,(H,18,19). The number of carbonyl (C=O) groups excluding carboxylic acids is 1. The van der Waals surface area contributed by atoms with Crippen LogP contribution in [0.15, 0.2) is 24.3 Å². The van der Waals surface area contributed by atoms with Crippen LogP contribution in [-0.2, 0) is 20.9 Å². The molecule has 8 heteroatoms. The molecule has 0 fully saturated rings. The Morgan fingerprint density at radius 3 is 2.38 bits per heavy atom. The molecule has 1 amide bonds. The quantitative estimate of drug-likeness (QED) is 0.784. The van der Waals surface area contributed by atoms with E-state index in [9.17, 15) is 18.4 Å². The zero-order valence-corrected chi connectivity index (χ0v) is 11.3. The number of amides is 1. The van der Waals surface area contributed by atoms with E-state index in [-0.39, 0.29) is 24.8 Å². The summed E-state index contributed by atoms with van der Waals surface area (Å²) in [5.74, 6) is -1.50. The van der Waals surface area contributed by atoms with Crippen molar-refractivity contribution in [3.8, 4) is 5.75 Å². The maximum atomic E-state index is 12.0. The zero-order valence-electron chi connectivity index (χ0n) is 11.3. The highest BCUT2D eigenvalue weighted by Crippen LogP contribution is 2.15. The summed E-state index contributed by atoms with van der Waals surface area (Å²) in [5.41, 5.74) is 0.714. The van der Waals surface area contributed by atoms with Crippen LogP contribution in [0.3, 0.4) is 0 Å². The summed E-state index contributed by atoms with van der Waals surface area (Å²) in [5, 5.41) is 8.37. The number of aliphatic carboxylic acids is 1. The van der Waals surface area contributed by atoms with Gasteiger partial charge in [-0.15, -0.1) is 0 Å². The normalized spacial score (nSPS) is 10.5. The summed E-state index contributed by atoms with van der Waals surface area (Å²) < 4.78 is 32.9. The topological polar surface area (TPSA) is 76.1 Å². The maximum Gasteiger partial charge on any atom is 0.387 e.